The molecule has 3 rings (SSSR count). The number of rotatable bonds is 5. The zero-order valence-electron chi connectivity index (χ0n) is 16.3. The van der Waals surface area contributed by atoms with E-state index in [-0.39, 0.29) is 17.4 Å². The summed E-state index contributed by atoms with van der Waals surface area (Å²) in [6.45, 7) is 7.27. The Balaban J connectivity index is 1.83. The Morgan fingerprint density at radius 1 is 0.929 bits per heavy atom. The van der Waals surface area contributed by atoms with Crippen LogP contribution in [0.2, 0.25) is 0 Å². The summed E-state index contributed by atoms with van der Waals surface area (Å²) in [4.78, 5) is 32.8. The van der Waals surface area contributed by atoms with Crippen molar-refractivity contribution in [3.05, 3.63) is 76.7 Å². The second kappa shape index (κ2) is 8.00. The molecular weight excluding hydrogens is 352 g/mol. The van der Waals surface area contributed by atoms with Crippen molar-refractivity contribution in [2.45, 2.75) is 27.7 Å². The van der Waals surface area contributed by atoms with E-state index in [0.717, 1.165) is 11.3 Å². The highest BCUT2D eigenvalue weighted by Gasteiger charge is 2.12. The number of amides is 1. The Labute approximate surface area is 164 Å². The van der Waals surface area contributed by atoms with E-state index in [1.165, 1.54) is 12.5 Å². The molecule has 6 nitrogen and oxygen atoms in total. The zero-order chi connectivity index (χ0) is 20.3. The number of nitrogens with zero attached hydrogens (tertiary/aromatic N) is 2. The molecule has 2 N–H and O–H groups in total. The number of carbonyl (C=O) groups is 2. The van der Waals surface area contributed by atoms with Gasteiger partial charge in [-0.2, -0.15) is 0 Å². The maximum absolute atomic E-state index is 12.6. The summed E-state index contributed by atoms with van der Waals surface area (Å²) >= 11 is 0. The van der Waals surface area contributed by atoms with Gasteiger partial charge in [0, 0.05) is 23.0 Å². The summed E-state index contributed by atoms with van der Waals surface area (Å²) in [5.74, 6) is 0.600. The molecule has 1 aromatic heterocycles. The van der Waals surface area contributed by atoms with Gasteiger partial charge in [-0.25, -0.2) is 9.97 Å². The monoisotopic (exact) mass is 374 g/mol. The van der Waals surface area contributed by atoms with E-state index in [4.69, 9.17) is 0 Å². The highest BCUT2D eigenvalue weighted by atomic mass is 16.2. The molecule has 0 saturated carbocycles. The maximum Gasteiger partial charge on any atom is 0.274 e. The molecule has 28 heavy (non-hydrogen) atoms. The molecule has 6 heteroatoms. The van der Waals surface area contributed by atoms with Crippen LogP contribution in [0, 0.1) is 20.8 Å². The Morgan fingerprint density at radius 3 is 2.43 bits per heavy atom. The number of aryl methyl sites for hydroxylation is 3. The maximum atomic E-state index is 12.6. The van der Waals surface area contributed by atoms with Crippen molar-refractivity contribution in [2.75, 3.05) is 10.6 Å². The molecule has 0 radical (unpaired) electrons. The Bertz CT molecular complexity index is 1060. The van der Waals surface area contributed by atoms with Gasteiger partial charge in [0.25, 0.3) is 5.91 Å². The van der Waals surface area contributed by atoms with E-state index >= 15 is 0 Å². The van der Waals surface area contributed by atoms with Crippen LogP contribution >= 0.6 is 0 Å². The number of aromatic nitrogens is 2. The van der Waals surface area contributed by atoms with Crippen molar-refractivity contribution in [1.82, 2.24) is 9.97 Å². The fourth-order valence-electron chi connectivity index (χ4n) is 2.85. The van der Waals surface area contributed by atoms with Crippen molar-refractivity contribution >= 4 is 28.9 Å². The zero-order valence-corrected chi connectivity index (χ0v) is 16.3. The summed E-state index contributed by atoms with van der Waals surface area (Å²) in [5.41, 5.74) is 4.50. The predicted octanol–water partition coefficient (Wildman–Crippen LogP) is 4.60. The van der Waals surface area contributed by atoms with Gasteiger partial charge in [0.05, 0.1) is 0 Å². The van der Waals surface area contributed by atoms with Crippen molar-refractivity contribution in [1.29, 1.82) is 0 Å². The number of hydrogen-bond acceptors (Lipinski definition) is 5. The minimum Gasteiger partial charge on any atom is -0.340 e. The van der Waals surface area contributed by atoms with Gasteiger partial charge < -0.3 is 10.6 Å². The lowest BCUT2D eigenvalue weighted by Gasteiger charge is -2.12. The molecule has 142 valence electrons. The van der Waals surface area contributed by atoms with Gasteiger partial charge in [0.2, 0.25) is 0 Å². The van der Waals surface area contributed by atoms with Crippen LogP contribution in [0.3, 0.4) is 0 Å². The minimum absolute atomic E-state index is 0.0612. The molecule has 3 aromatic rings. The van der Waals surface area contributed by atoms with Gasteiger partial charge in [0.15, 0.2) is 5.78 Å². The van der Waals surface area contributed by atoms with Gasteiger partial charge in [-0.05, 0) is 51.5 Å². The summed E-state index contributed by atoms with van der Waals surface area (Å²) < 4.78 is 0. The molecule has 1 heterocycles. The Morgan fingerprint density at radius 2 is 1.71 bits per heavy atom. The highest BCUT2D eigenvalue weighted by molar-refractivity contribution is 6.04. The van der Waals surface area contributed by atoms with E-state index in [1.54, 1.807) is 37.3 Å². The molecule has 0 unspecified atom stereocenters. The van der Waals surface area contributed by atoms with Crippen LogP contribution in [0.4, 0.5) is 17.2 Å². The second-order valence-corrected chi connectivity index (χ2v) is 6.72. The lowest BCUT2D eigenvalue weighted by molar-refractivity contribution is 0.100. The average molecular weight is 374 g/mol. The number of hydrogen-bond donors (Lipinski definition) is 2. The van der Waals surface area contributed by atoms with Crippen LogP contribution in [0.25, 0.3) is 0 Å². The fourth-order valence-corrected chi connectivity index (χ4v) is 2.85. The number of ketones is 1. The third kappa shape index (κ3) is 4.59. The van der Waals surface area contributed by atoms with E-state index in [9.17, 15) is 9.59 Å². The highest BCUT2D eigenvalue weighted by Crippen LogP contribution is 2.21. The molecule has 0 aliphatic heterocycles. The molecule has 0 aliphatic rings. The molecular formula is C22H22N4O2. The molecule has 0 fully saturated rings. The summed E-state index contributed by atoms with van der Waals surface area (Å²) in [6, 6.07) is 14.5. The van der Waals surface area contributed by atoms with Crippen LogP contribution < -0.4 is 10.6 Å². The van der Waals surface area contributed by atoms with Gasteiger partial charge in [-0.1, -0.05) is 29.8 Å². The Hall–Kier alpha value is -3.54. The van der Waals surface area contributed by atoms with Crippen LogP contribution in [-0.4, -0.2) is 21.7 Å². The molecule has 2 aromatic carbocycles. The van der Waals surface area contributed by atoms with Crippen LogP contribution in [0.5, 0.6) is 0 Å². The summed E-state index contributed by atoms with van der Waals surface area (Å²) in [5, 5.41) is 6.03. The molecule has 0 spiro atoms. The molecule has 0 bridgehead atoms. The van der Waals surface area contributed by atoms with Crippen molar-refractivity contribution in [3.63, 3.8) is 0 Å². The molecule has 1 amide bonds. The predicted molar refractivity (Wildman–Crippen MR) is 110 cm³/mol. The van der Waals surface area contributed by atoms with Crippen LogP contribution in [0.15, 0.2) is 48.5 Å². The number of benzene rings is 2. The number of nitrogens with one attached hydrogen (secondary N) is 2. The smallest absolute Gasteiger partial charge is 0.274 e. The van der Waals surface area contributed by atoms with Crippen molar-refractivity contribution in [3.8, 4) is 0 Å². The average Bonchev–Trinajstić information content (AvgIpc) is 2.64. The minimum atomic E-state index is -0.366. The molecule has 0 saturated heterocycles. The number of anilines is 3. The summed E-state index contributed by atoms with van der Waals surface area (Å²) in [6.07, 6.45) is 0. The summed E-state index contributed by atoms with van der Waals surface area (Å²) in [7, 11) is 0. The second-order valence-electron chi connectivity index (χ2n) is 6.72. The van der Waals surface area contributed by atoms with Crippen molar-refractivity contribution < 1.29 is 9.59 Å². The first kappa shape index (κ1) is 19.2. The lowest BCUT2D eigenvalue weighted by atomic mass is 10.1. The molecule has 0 aliphatic carbocycles. The van der Waals surface area contributed by atoms with Crippen LogP contribution in [-0.2, 0) is 0 Å². The quantitative estimate of drug-likeness (QED) is 0.638. The first-order valence-corrected chi connectivity index (χ1v) is 8.94. The topological polar surface area (TPSA) is 84.0 Å². The fraction of sp³-hybridized carbons (Fsp3) is 0.182. The molecule has 0 atom stereocenters. The number of Topliss-reactive ketones (excluding diaryl/α,β-unsaturated/α-hetero) is 1. The Kier molecular flexibility index (Phi) is 5.49. The van der Waals surface area contributed by atoms with E-state index in [2.05, 4.69) is 26.7 Å². The van der Waals surface area contributed by atoms with Gasteiger partial charge in [0.1, 0.15) is 17.3 Å². The first-order chi connectivity index (χ1) is 13.3. The van der Waals surface area contributed by atoms with Gasteiger partial charge in [-0.3, -0.25) is 9.59 Å². The lowest BCUT2D eigenvalue weighted by Crippen LogP contribution is -2.15. The standard InChI is InChI=1S/C22H22N4O2/c1-13-8-9-19(14(2)10-13)26-21-12-20(23-16(4)24-21)22(28)25-18-7-5-6-17(11-18)15(3)27/h5-12H,1-4H3,(H,25,28)(H,23,24,26). The van der Waals surface area contributed by atoms with E-state index in [1.807, 2.05) is 26.0 Å². The largest absolute Gasteiger partial charge is 0.340 e. The first-order valence-electron chi connectivity index (χ1n) is 8.94. The third-order valence-corrected chi connectivity index (χ3v) is 4.24. The SMILES string of the molecule is CC(=O)c1cccc(NC(=O)c2cc(Nc3ccc(C)cc3C)nc(C)n2)c1. The van der Waals surface area contributed by atoms with Gasteiger partial charge in [-0.15, -0.1) is 0 Å². The van der Waals surface area contributed by atoms with Crippen LogP contribution in [0.1, 0.15) is 44.7 Å². The van der Waals surface area contributed by atoms with E-state index in [0.29, 0.717) is 22.9 Å². The third-order valence-electron chi connectivity index (χ3n) is 4.24. The van der Waals surface area contributed by atoms with E-state index < -0.39 is 0 Å². The number of carbonyl (C=O) groups excluding carboxylic acids is 2. The normalized spacial score (nSPS) is 10.4. The van der Waals surface area contributed by atoms with Crippen molar-refractivity contribution in [2.24, 2.45) is 0 Å². The van der Waals surface area contributed by atoms with Gasteiger partial charge >= 0.3 is 0 Å².